The van der Waals surface area contributed by atoms with Crippen molar-refractivity contribution in [1.82, 2.24) is 4.90 Å². The maximum absolute atomic E-state index is 12.0. The van der Waals surface area contributed by atoms with Gasteiger partial charge in [-0.1, -0.05) is 0 Å². The van der Waals surface area contributed by atoms with Crippen LogP contribution >= 0.6 is 0 Å². The van der Waals surface area contributed by atoms with E-state index in [1.54, 1.807) is 18.2 Å². The van der Waals surface area contributed by atoms with Crippen LogP contribution in [0.1, 0.15) is 13.3 Å². The van der Waals surface area contributed by atoms with Gasteiger partial charge in [-0.05, 0) is 19.1 Å². The molecule has 1 unspecified atom stereocenters. The standard InChI is InChI=1S/C14H18N2O5/c1-9(13(17)18)16(2)14(19)15-10-4-5-11-12(8-10)21-7-3-6-20-11/h4-5,8-9H,3,6-7H2,1-2H3,(H,15,19)(H,17,18). The molecule has 2 N–H and O–H groups in total. The first kappa shape index (κ1) is 15.0. The van der Waals surface area contributed by atoms with E-state index in [1.807, 2.05) is 0 Å². The third kappa shape index (κ3) is 3.56. The summed E-state index contributed by atoms with van der Waals surface area (Å²) in [6, 6.07) is 3.66. The predicted octanol–water partition coefficient (Wildman–Crippen LogP) is 1.78. The van der Waals surface area contributed by atoms with Crippen LogP contribution in [-0.2, 0) is 4.79 Å². The van der Waals surface area contributed by atoms with E-state index in [-0.39, 0.29) is 0 Å². The Labute approximate surface area is 122 Å². The van der Waals surface area contributed by atoms with E-state index < -0.39 is 18.0 Å². The van der Waals surface area contributed by atoms with Crippen LogP contribution in [0.3, 0.4) is 0 Å². The van der Waals surface area contributed by atoms with Crippen LogP contribution in [0, 0.1) is 0 Å². The molecule has 1 heterocycles. The van der Waals surface area contributed by atoms with Gasteiger partial charge in [-0.3, -0.25) is 0 Å². The Balaban J connectivity index is 2.07. The number of ether oxygens (including phenoxy) is 2. The maximum Gasteiger partial charge on any atom is 0.326 e. The van der Waals surface area contributed by atoms with E-state index in [0.29, 0.717) is 30.4 Å². The predicted molar refractivity (Wildman–Crippen MR) is 75.9 cm³/mol. The lowest BCUT2D eigenvalue weighted by atomic mass is 10.2. The van der Waals surface area contributed by atoms with Gasteiger partial charge in [0.2, 0.25) is 0 Å². The number of amides is 2. The number of hydrogen-bond donors (Lipinski definition) is 2. The second kappa shape index (κ2) is 6.34. The Bertz CT molecular complexity index is 546. The minimum atomic E-state index is -1.06. The molecule has 1 aliphatic heterocycles. The number of nitrogens with one attached hydrogen (secondary N) is 1. The number of fused-ring (bicyclic) bond motifs is 1. The number of nitrogens with zero attached hydrogens (tertiary/aromatic N) is 1. The van der Waals surface area contributed by atoms with Crippen LogP contribution in [0.25, 0.3) is 0 Å². The van der Waals surface area contributed by atoms with E-state index >= 15 is 0 Å². The van der Waals surface area contributed by atoms with Crippen LogP contribution in [0.15, 0.2) is 18.2 Å². The van der Waals surface area contributed by atoms with Crippen molar-refractivity contribution >= 4 is 17.7 Å². The van der Waals surface area contributed by atoms with Crippen molar-refractivity contribution in [2.45, 2.75) is 19.4 Å². The van der Waals surface area contributed by atoms with Gasteiger partial charge < -0.3 is 24.8 Å². The van der Waals surface area contributed by atoms with Gasteiger partial charge in [-0.2, -0.15) is 0 Å². The zero-order valence-corrected chi connectivity index (χ0v) is 12.0. The van der Waals surface area contributed by atoms with Gasteiger partial charge in [-0.15, -0.1) is 0 Å². The summed E-state index contributed by atoms with van der Waals surface area (Å²) in [4.78, 5) is 24.0. The molecule has 1 aromatic rings. The summed E-state index contributed by atoms with van der Waals surface area (Å²) >= 11 is 0. The number of likely N-dealkylation sites (N-methyl/N-ethyl adjacent to an activating group) is 1. The number of urea groups is 1. The van der Waals surface area contributed by atoms with Crippen molar-refractivity contribution in [3.63, 3.8) is 0 Å². The molecular formula is C14H18N2O5. The zero-order valence-electron chi connectivity index (χ0n) is 12.0. The van der Waals surface area contributed by atoms with Crippen molar-refractivity contribution < 1.29 is 24.2 Å². The fourth-order valence-electron chi connectivity index (χ4n) is 1.79. The number of rotatable bonds is 3. The van der Waals surface area contributed by atoms with Crippen LogP contribution in [-0.4, -0.2) is 48.3 Å². The molecule has 0 saturated carbocycles. The maximum atomic E-state index is 12.0. The summed E-state index contributed by atoms with van der Waals surface area (Å²) in [6.07, 6.45) is 0.801. The van der Waals surface area contributed by atoms with Crippen LogP contribution < -0.4 is 14.8 Å². The average Bonchev–Trinajstić information content (AvgIpc) is 2.70. The van der Waals surface area contributed by atoms with Gasteiger partial charge in [0.15, 0.2) is 11.5 Å². The first-order valence-electron chi connectivity index (χ1n) is 6.65. The third-order valence-corrected chi connectivity index (χ3v) is 3.26. The molecule has 0 fully saturated rings. The Morgan fingerprint density at radius 1 is 1.29 bits per heavy atom. The van der Waals surface area contributed by atoms with Gasteiger partial charge in [-0.25, -0.2) is 9.59 Å². The molecular weight excluding hydrogens is 276 g/mol. The molecule has 1 aromatic carbocycles. The SMILES string of the molecule is CC(C(=O)O)N(C)C(=O)Nc1ccc2c(c1)OCCCO2. The largest absolute Gasteiger partial charge is 0.490 e. The number of benzene rings is 1. The van der Waals surface area contributed by atoms with Crippen molar-refractivity contribution in [3.05, 3.63) is 18.2 Å². The summed E-state index contributed by atoms with van der Waals surface area (Å²) in [5.74, 6) is 0.142. The number of carbonyl (C=O) groups is 2. The topological polar surface area (TPSA) is 88.1 Å². The first-order chi connectivity index (χ1) is 9.99. The highest BCUT2D eigenvalue weighted by Gasteiger charge is 2.22. The molecule has 0 radical (unpaired) electrons. The van der Waals surface area contributed by atoms with Gasteiger partial charge in [0.25, 0.3) is 0 Å². The highest BCUT2D eigenvalue weighted by Crippen LogP contribution is 2.32. The second-order valence-electron chi connectivity index (χ2n) is 4.77. The number of aliphatic carboxylic acids is 1. The molecule has 2 rings (SSSR count). The summed E-state index contributed by atoms with van der Waals surface area (Å²) in [7, 11) is 1.43. The average molecular weight is 294 g/mol. The highest BCUT2D eigenvalue weighted by molar-refractivity contribution is 5.92. The monoisotopic (exact) mass is 294 g/mol. The molecule has 0 spiro atoms. The van der Waals surface area contributed by atoms with E-state index in [2.05, 4.69) is 5.32 Å². The molecule has 21 heavy (non-hydrogen) atoms. The molecule has 2 amide bonds. The van der Waals surface area contributed by atoms with E-state index in [0.717, 1.165) is 11.3 Å². The van der Waals surface area contributed by atoms with Gasteiger partial charge in [0, 0.05) is 25.2 Å². The molecule has 1 atom stereocenters. The fourth-order valence-corrected chi connectivity index (χ4v) is 1.79. The molecule has 0 aliphatic carbocycles. The molecule has 0 aromatic heterocycles. The van der Waals surface area contributed by atoms with Gasteiger partial charge in [0.05, 0.1) is 13.2 Å². The Hall–Kier alpha value is -2.44. The molecule has 114 valence electrons. The van der Waals surface area contributed by atoms with Crippen LogP contribution in [0.2, 0.25) is 0 Å². The molecule has 0 bridgehead atoms. The van der Waals surface area contributed by atoms with Gasteiger partial charge in [0.1, 0.15) is 6.04 Å². The molecule has 7 heteroatoms. The van der Waals surface area contributed by atoms with Crippen molar-refractivity contribution in [2.75, 3.05) is 25.6 Å². The minimum absolute atomic E-state index is 0.501. The minimum Gasteiger partial charge on any atom is -0.490 e. The van der Waals surface area contributed by atoms with E-state index in [9.17, 15) is 9.59 Å². The lowest BCUT2D eigenvalue weighted by Crippen LogP contribution is -2.42. The number of carboxylic acids is 1. The highest BCUT2D eigenvalue weighted by atomic mass is 16.5. The number of carboxylic acid groups (broad SMARTS) is 1. The van der Waals surface area contributed by atoms with E-state index in [4.69, 9.17) is 14.6 Å². The number of carbonyl (C=O) groups excluding carboxylic acids is 1. The Morgan fingerprint density at radius 3 is 2.62 bits per heavy atom. The Morgan fingerprint density at radius 2 is 1.95 bits per heavy atom. The summed E-state index contributed by atoms with van der Waals surface area (Å²) in [6.45, 7) is 2.59. The third-order valence-electron chi connectivity index (χ3n) is 3.26. The summed E-state index contributed by atoms with van der Waals surface area (Å²) < 4.78 is 11.0. The summed E-state index contributed by atoms with van der Waals surface area (Å²) in [5, 5.41) is 11.5. The molecule has 7 nitrogen and oxygen atoms in total. The number of anilines is 1. The normalized spacial score (nSPS) is 14.8. The smallest absolute Gasteiger partial charge is 0.326 e. The fraction of sp³-hybridized carbons (Fsp3) is 0.429. The second-order valence-corrected chi connectivity index (χ2v) is 4.77. The molecule has 0 saturated heterocycles. The first-order valence-corrected chi connectivity index (χ1v) is 6.65. The van der Waals surface area contributed by atoms with Crippen LogP contribution in [0.5, 0.6) is 11.5 Å². The van der Waals surface area contributed by atoms with E-state index in [1.165, 1.54) is 14.0 Å². The van der Waals surface area contributed by atoms with Crippen molar-refractivity contribution in [1.29, 1.82) is 0 Å². The zero-order chi connectivity index (χ0) is 15.4. The lowest BCUT2D eigenvalue weighted by molar-refractivity contribution is -0.141. The number of hydrogen-bond acceptors (Lipinski definition) is 4. The van der Waals surface area contributed by atoms with Crippen molar-refractivity contribution in [2.24, 2.45) is 0 Å². The summed E-state index contributed by atoms with van der Waals surface area (Å²) in [5.41, 5.74) is 0.522. The van der Waals surface area contributed by atoms with Gasteiger partial charge >= 0.3 is 12.0 Å². The van der Waals surface area contributed by atoms with Crippen LogP contribution in [0.4, 0.5) is 10.5 Å². The quantitative estimate of drug-likeness (QED) is 0.887. The lowest BCUT2D eigenvalue weighted by Gasteiger charge is -2.22. The van der Waals surface area contributed by atoms with Crippen molar-refractivity contribution in [3.8, 4) is 11.5 Å². The Kier molecular flexibility index (Phi) is 4.52. The molecule has 1 aliphatic rings.